The van der Waals surface area contributed by atoms with E-state index in [1.807, 2.05) is 0 Å². The predicted molar refractivity (Wildman–Crippen MR) is 47.7 cm³/mol. The molecule has 0 saturated carbocycles. The van der Waals surface area contributed by atoms with E-state index in [2.05, 4.69) is 10.3 Å². The van der Waals surface area contributed by atoms with Gasteiger partial charge in [0.15, 0.2) is 0 Å². The van der Waals surface area contributed by atoms with E-state index in [1.54, 1.807) is 24.7 Å². The van der Waals surface area contributed by atoms with Gasteiger partial charge in [-0.15, -0.1) is 5.10 Å². The molecule has 1 heterocycles. The van der Waals surface area contributed by atoms with Crippen molar-refractivity contribution in [2.24, 2.45) is 5.73 Å². The lowest BCUT2D eigenvalue weighted by Crippen LogP contribution is -2.18. The zero-order chi connectivity index (χ0) is 9.90. The normalized spacial score (nSPS) is 12.0. The third kappa shape index (κ3) is 3.10. The number of aromatic nitrogens is 3. The molecule has 0 bridgehead atoms. The molecule has 2 N–H and O–H groups in total. The summed E-state index contributed by atoms with van der Waals surface area (Å²) in [5.41, 5.74) is 5.11. The smallest absolute Gasteiger partial charge is 0.107 e. The summed E-state index contributed by atoms with van der Waals surface area (Å²) < 4.78 is 14.8. The van der Waals surface area contributed by atoms with Crippen LogP contribution in [0.25, 0.3) is 0 Å². The summed E-state index contributed by atoms with van der Waals surface area (Å²) in [7, 11) is 0. The second-order valence-corrected chi connectivity index (χ2v) is 3.62. The fourth-order valence-corrected chi connectivity index (χ4v) is 0.997. The second kappa shape index (κ2) is 3.83. The van der Waals surface area contributed by atoms with Crippen molar-refractivity contribution >= 4 is 0 Å². The van der Waals surface area contributed by atoms with Crippen LogP contribution in [0.15, 0.2) is 6.20 Å². The molecule has 1 aromatic heterocycles. The van der Waals surface area contributed by atoms with Gasteiger partial charge in [-0.1, -0.05) is 5.21 Å². The molecule has 0 aromatic carbocycles. The number of aryl methyl sites for hydroxylation is 1. The number of hydrogen-bond donors (Lipinski definition) is 1. The zero-order valence-corrected chi connectivity index (χ0v) is 8.00. The maximum atomic E-state index is 13.1. The first-order valence-corrected chi connectivity index (χ1v) is 4.29. The first-order valence-electron chi connectivity index (χ1n) is 4.29. The first kappa shape index (κ1) is 10.1. The van der Waals surface area contributed by atoms with Crippen molar-refractivity contribution in [2.75, 3.05) is 0 Å². The van der Waals surface area contributed by atoms with Gasteiger partial charge in [-0.25, -0.2) is 9.07 Å². The third-order valence-corrected chi connectivity index (χ3v) is 1.83. The van der Waals surface area contributed by atoms with E-state index in [1.165, 1.54) is 0 Å². The van der Waals surface area contributed by atoms with Gasteiger partial charge in [-0.05, 0) is 13.8 Å². The van der Waals surface area contributed by atoms with Crippen molar-refractivity contribution in [3.05, 3.63) is 11.9 Å². The van der Waals surface area contributed by atoms with Crippen LogP contribution in [0.2, 0.25) is 0 Å². The minimum absolute atomic E-state index is 0.389. The molecule has 0 atom stereocenters. The largest absolute Gasteiger partial charge is 0.325 e. The van der Waals surface area contributed by atoms with Crippen LogP contribution in [-0.4, -0.2) is 20.7 Å². The summed E-state index contributed by atoms with van der Waals surface area (Å²) in [6.07, 6.45) is 2.02. The van der Waals surface area contributed by atoms with Gasteiger partial charge in [-0.2, -0.15) is 0 Å². The van der Waals surface area contributed by atoms with Gasteiger partial charge in [0.05, 0.1) is 11.9 Å². The molecule has 0 spiro atoms. The summed E-state index contributed by atoms with van der Waals surface area (Å²) in [5, 5.41) is 7.51. The minimum Gasteiger partial charge on any atom is -0.325 e. The highest BCUT2D eigenvalue weighted by molar-refractivity contribution is 4.92. The highest BCUT2D eigenvalue weighted by Gasteiger charge is 2.15. The van der Waals surface area contributed by atoms with Crippen LogP contribution in [0.4, 0.5) is 4.39 Å². The molecule has 0 saturated heterocycles. The molecule has 4 nitrogen and oxygen atoms in total. The Morgan fingerprint density at radius 2 is 2.31 bits per heavy atom. The highest BCUT2D eigenvalue weighted by Crippen LogP contribution is 2.14. The van der Waals surface area contributed by atoms with Gasteiger partial charge in [0.2, 0.25) is 0 Å². The monoisotopic (exact) mass is 186 g/mol. The quantitative estimate of drug-likeness (QED) is 0.759. The summed E-state index contributed by atoms with van der Waals surface area (Å²) in [4.78, 5) is 0. The first-order chi connectivity index (χ1) is 6.03. The van der Waals surface area contributed by atoms with Crippen molar-refractivity contribution in [2.45, 2.75) is 39.0 Å². The minimum atomic E-state index is -1.17. The Balaban J connectivity index is 2.54. The summed E-state index contributed by atoms with van der Waals surface area (Å²) in [5.74, 6) is 0. The average molecular weight is 186 g/mol. The summed E-state index contributed by atoms with van der Waals surface area (Å²) >= 11 is 0. The predicted octanol–water partition coefficient (Wildman–Crippen LogP) is 0.875. The molecule has 0 unspecified atom stereocenters. The van der Waals surface area contributed by atoms with E-state index in [4.69, 9.17) is 5.73 Å². The molecule has 13 heavy (non-hydrogen) atoms. The fraction of sp³-hybridized carbons (Fsp3) is 0.750. The van der Waals surface area contributed by atoms with Crippen LogP contribution in [0.5, 0.6) is 0 Å². The van der Waals surface area contributed by atoms with Gasteiger partial charge in [-0.3, -0.25) is 0 Å². The maximum Gasteiger partial charge on any atom is 0.107 e. The van der Waals surface area contributed by atoms with Crippen LogP contribution in [0.3, 0.4) is 0 Å². The van der Waals surface area contributed by atoms with Gasteiger partial charge < -0.3 is 5.73 Å². The van der Waals surface area contributed by atoms with E-state index in [-0.39, 0.29) is 0 Å². The molecular weight excluding hydrogens is 171 g/mol. The van der Waals surface area contributed by atoms with Crippen molar-refractivity contribution in [1.82, 2.24) is 15.0 Å². The maximum absolute atomic E-state index is 13.1. The van der Waals surface area contributed by atoms with E-state index in [9.17, 15) is 4.39 Å². The van der Waals surface area contributed by atoms with Crippen molar-refractivity contribution in [3.8, 4) is 0 Å². The van der Waals surface area contributed by atoms with Gasteiger partial charge >= 0.3 is 0 Å². The SMILES string of the molecule is CC(C)(F)CCn1nncc1CN. The van der Waals surface area contributed by atoms with E-state index in [0.717, 1.165) is 5.69 Å². The lowest BCUT2D eigenvalue weighted by atomic mass is 10.1. The molecular formula is C8H15FN4. The van der Waals surface area contributed by atoms with Gasteiger partial charge in [0.25, 0.3) is 0 Å². The topological polar surface area (TPSA) is 56.7 Å². The number of halogens is 1. The Kier molecular flexibility index (Phi) is 2.98. The van der Waals surface area contributed by atoms with E-state index < -0.39 is 5.67 Å². The molecule has 5 heteroatoms. The van der Waals surface area contributed by atoms with Crippen LogP contribution in [0, 0.1) is 0 Å². The molecule has 1 rings (SSSR count). The van der Waals surface area contributed by atoms with Crippen LogP contribution in [0.1, 0.15) is 26.0 Å². The molecule has 0 radical (unpaired) electrons. The molecule has 0 aliphatic rings. The molecule has 1 aromatic rings. The summed E-state index contributed by atoms with van der Waals surface area (Å²) in [6.45, 7) is 4.01. The second-order valence-electron chi connectivity index (χ2n) is 3.62. The Hall–Kier alpha value is -0.970. The number of hydrogen-bond acceptors (Lipinski definition) is 3. The molecule has 0 fully saturated rings. The Bertz CT molecular complexity index is 263. The van der Waals surface area contributed by atoms with Gasteiger partial charge in [0.1, 0.15) is 5.67 Å². The van der Waals surface area contributed by atoms with Gasteiger partial charge in [0, 0.05) is 19.5 Å². The Labute approximate surface area is 76.9 Å². The van der Waals surface area contributed by atoms with Crippen LogP contribution >= 0.6 is 0 Å². The van der Waals surface area contributed by atoms with Crippen molar-refractivity contribution < 1.29 is 4.39 Å². The van der Waals surface area contributed by atoms with Crippen molar-refractivity contribution in [1.29, 1.82) is 0 Å². The van der Waals surface area contributed by atoms with E-state index in [0.29, 0.717) is 19.5 Å². The number of rotatable bonds is 4. The molecule has 74 valence electrons. The Morgan fingerprint density at radius 3 is 2.85 bits per heavy atom. The Morgan fingerprint density at radius 1 is 1.62 bits per heavy atom. The standard InChI is InChI=1S/C8H15FN4/c1-8(2,9)3-4-13-7(5-10)6-11-12-13/h6H,3-5,10H2,1-2H3. The number of nitrogens with zero attached hydrogens (tertiary/aromatic N) is 3. The fourth-order valence-electron chi connectivity index (χ4n) is 0.997. The lowest BCUT2D eigenvalue weighted by Gasteiger charge is -2.13. The highest BCUT2D eigenvalue weighted by atomic mass is 19.1. The molecule has 0 amide bonds. The van der Waals surface area contributed by atoms with E-state index >= 15 is 0 Å². The third-order valence-electron chi connectivity index (χ3n) is 1.83. The average Bonchev–Trinajstić information content (AvgIpc) is 2.46. The van der Waals surface area contributed by atoms with Crippen LogP contribution in [-0.2, 0) is 13.1 Å². The number of alkyl halides is 1. The number of nitrogens with two attached hydrogens (primary N) is 1. The summed E-state index contributed by atoms with van der Waals surface area (Å²) in [6, 6.07) is 0. The zero-order valence-electron chi connectivity index (χ0n) is 8.00. The lowest BCUT2D eigenvalue weighted by molar-refractivity contribution is 0.188. The molecule has 0 aliphatic heterocycles. The molecule has 0 aliphatic carbocycles. The van der Waals surface area contributed by atoms with Crippen LogP contribution < -0.4 is 5.73 Å². The van der Waals surface area contributed by atoms with Crippen molar-refractivity contribution in [3.63, 3.8) is 0 Å².